The first-order valence-electron chi connectivity index (χ1n) is 7.16. The lowest BCUT2D eigenvalue weighted by Gasteiger charge is -2.30. The highest BCUT2D eigenvalue weighted by Gasteiger charge is 2.17. The second-order valence-electron chi connectivity index (χ2n) is 5.48. The van der Waals surface area contributed by atoms with Gasteiger partial charge in [-0.25, -0.2) is 4.39 Å². The fourth-order valence-corrected chi connectivity index (χ4v) is 2.71. The lowest BCUT2D eigenvalue weighted by atomic mass is 10.2. The van der Waals surface area contributed by atoms with E-state index in [1.165, 1.54) is 6.07 Å². The molecule has 118 valence electrons. The summed E-state index contributed by atoms with van der Waals surface area (Å²) in [5.74, 6) is -0.406. The topological polar surface area (TPSA) is 35.9 Å². The molecule has 0 saturated carbocycles. The van der Waals surface area contributed by atoms with Crippen molar-refractivity contribution in [2.24, 2.45) is 0 Å². The summed E-state index contributed by atoms with van der Waals surface area (Å²) in [6.45, 7) is 4.82. The molecule has 1 saturated heterocycles. The number of hydrogen-bond donors (Lipinski definition) is 1. The molecule has 2 rings (SSSR count). The van der Waals surface area contributed by atoms with E-state index in [4.69, 9.17) is 16.3 Å². The lowest BCUT2D eigenvalue weighted by Crippen LogP contribution is -2.43. The van der Waals surface area contributed by atoms with Crippen molar-refractivity contribution in [3.63, 3.8) is 0 Å². The van der Waals surface area contributed by atoms with Crippen LogP contribution in [0, 0.1) is 5.82 Å². The Bertz CT molecular complexity index is 455. The van der Waals surface area contributed by atoms with Gasteiger partial charge in [-0.2, -0.15) is 0 Å². The van der Waals surface area contributed by atoms with E-state index < -0.39 is 11.9 Å². The molecule has 1 aliphatic heterocycles. The van der Waals surface area contributed by atoms with Gasteiger partial charge in [-0.05, 0) is 18.7 Å². The number of β-amino-alcohol motifs (C(OH)–C–C–N with tert-alkyl or cyclic N) is 1. The first-order chi connectivity index (χ1) is 10.1. The third-order valence-corrected chi connectivity index (χ3v) is 3.99. The van der Waals surface area contributed by atoms with Gasteiger partial charge in [0, 0.05) is 32.7 Å². The number of benzene rings is 1. The van der Waals surface area contributed by atoms with Crippen molar-refractivity contribution >= 4 is 11.6 Å². The van der Waals surface area contributed by atoms with Gasteiger partial charge in [-0.1, -0.05) is 23.7 Å². The Balaban J connectivity index is 1.80. The Morgan fingerprint density at radius 1 is 1.43 bits per heavy atom. The molecule has 1 atom stereocenters. The average Bonchev–Trinajstić information content (AvgIpc) is 2.44. The summed E-state index contributed by atoms with van der Waals surface area (Å²) in [7, 11) is 1.89. The molecule has 1 N–H and O–H groups in total. The predicted octanol–water partition coefficient (Wildman–Crippen LogP) is 1.60. The van der Waals surface area contributed by atoms with E-state index in [-0.39, 0.29) is 5.02 Å². The minimum atomic E-state index is -0.444. The van der Waals surface area contributed by atoms with Crippen LogP contribution in [0.3, 0.4) is 0 Å². The van der Waals surface area contributed by atoms with Crippen LogP contribution in [0.25, 0.3) is 0 Å². The third-order valence-electron chi connectivity index (χ3n) is 3.57. The molecule has 0 aromatic heterocycles. The molecule has 0 aliphatic carbocycles. The van der Waals surface area contributed by atoms with Crippen molar-refractivity contribution < 1.29 is 14.2 Å². The van der Waals surface area contributed by atoms with E-state index in [2.05, 4.69) is 4.90 Å². The van der Waals surface area contributed by atoms with Crippen LogP contribution in [0.4, 0.5) is 4.39 Å². The number of aliphatic hydroxyl groups is 1. The van der Waals surface area contributed by atoms with Gasteiger partial charge < -0.3 is 9.84 Å². The Hall–Kier alpha value is -0.720. The minimum Gasteiger partial charge on any atom is -0.390 e. The van der Waals surface area contributed by atoms with Gasteiger partial charge in [0.15, 0.2) is 0 Å². The summed E-state index contributed by atoms with van der Waals surface area (Å²) in [6, 6.07) is 4.80. The fraction of sp³-hybridized carbons (Fsp3) is 0.600. The van der Waals surface area contributed by atoms with Crippen molar-refractivity contribution in [1.82, 2.24) is 9.80 Å². The summed E-state index contributed by atoms with van der Waals surface area (Å²) >= 11 is 5.94. The van der Waals surface area contributed by atoms with Crippen molar-refractivity contribution in [2.75, 3.05) is 46.4 Å². The van der Waals surface area contributed by atoms with Crippen LogP contribution in [0.5, 0.6) is 0 Å². The zero-order chi connectivity index (χ0) is 15.2. The second kappa shape index (κ2) is 8.06. The van der Waals surface area contributed by atoms with Crippen LogP contribution < -0.4 is 0 Å². The van der Waals surface area contributed by atoms with Gasteiger partial charge in [-0.3, -0.25) is 9.80 Å². The highest BCUT2D eigenvalue weighted by Crippen LogP contribution is 2.20. The predicted molar refractivity (Wildman–Crippen MR) is 81.0 cm³/mol. The molecule has 1 heterocycles. The van der Waals surface area contributed by atoms with Crippen LogP contribution in [-0.2, 0) is 11.3 Å². The molecule has 1 aliphatic rings. The number of hydrogen-bond acceptors (Lipinski definition) is 4. The van der Waals surface area contributed by atoms with Crippen LogP contribution in [-0.4, -0.2) is 67.5 Å². The van der Waals surface area contributed by atoms with Gasteiger partial charge in [0.25, 0.3) is 0 Å². The molecule has 1 aromatic carbocycles. The molecular weight excluding hydrogens is 295 g/mol. The highest BCUT2D eigenvalue weighted by molar-refractivity contribution is 6.31. The molecule has 0 spiro atoms. The van der Waals surface area contributed by atoms with Gasteiger partial charge in [0.05, 0.1) is 24.3 Å². The Kier molecular flexibility index (Phi) is 6.39. The van der Waals surface area contributed by atoms with Crippen LogP contribution in [0.2, 0.25) is 5.02 Å². The molecule has 21 heavy (non-hydrogen) atoms. The molecule has 4 nitrogen and oxygen atoms in total. The molecule has 0 bridgehead atoms. The van der Waals surface area contributed by atoms with Crippen LogP contribution >= 0.6 is 11.6 Å². The second-order valence-corrected chi connectivity index (χ2v) is 5.85. The molecule has 6 heteroatoms. The minimum absolute atomic E-state index is 0.159. The van der Waals surface area contributed by atoms with Gasteiger partial charge >= 0.3 is 0 Å². The Morgan fingerprint density at radius 2 is 2.14 bits per heavy atom. The van der Waals surface area contributed by atoms with Crippen molar-refractivity contribution in [3.05, 3.63) is 34.6 Å². The molecule has 0 radical (unpaired) electrons. The number of halogens is 2. The monoisotopic (exact) mass is 316 g/mol. The first kappa shape index (κ1) is 16.6. The SMILES string of the molecule is CN(Cc1cccc(F)c1Cl)CC(O)CN1CCOCC1. The summed E-state index contributed by atoms with van der Waals surface area (Å²) in [6.07, 6.45) is -0.444. The number of ether oxygens (including phenoxy) is 1. The normalized spacial score (nSPS) is 18.1. The summed E-state index contributed by atoms with van der Waals surface area (Å²) in [4.78, 5) is 4.14. The summed E-state index contributed by atoms with van der Waals surface area (Å²) in [5.41, 5.74) is 0.734. The molecule has 1 aromatic rings. The maximum Gasteiger partial charge on any atom is 0.142 e. The highest BCUT2D eigenvalue weighted by atomic mass is 35.5. The number of rotatable bonds is 6. The van der Waals surface area contributed by atoms with E-state index in [1.54, 1.807) is 12.1 Å². The molecule has 0 amide bonds. The zero-order valence-electron chi connectivity index (χ0n) is 12.3. The van der Waals surface area contributed by atoms with Crippen molar-refractivity contribution in [3.8, 4) is 0 Å². The maximum atomic E-state index is 13.4. The summed E-state index contributed by atoms with van der Waals surface area (Å²) in [5, 5.41) is 10.3. The van der Waals surface area contributed by atoms with E-state index >= 15 is 0 Å². The number of morpholine rings is 1. The first-order valence-corrected chi connectivity index (χ1v) is 7.53. The quantitative estimate of drug-likeness (QED) is 0.865. The van der Waals surface area contributed by atoms with Crippen molar-refractivity contribution in [2.45, 2.75) is 12.6 Å². The largest absolute Gasteiger partial charge is 0.390 e. The lowest BCUT2D eigenvalue weighted by molar-refractivity contribution is 0.00825. The number of aliphatic hydroxyl groups excluding tert-OH is 1. The van der Waals surface area contributed by atoms with Gasteiger partial charge in [-0.15, -0.1) is 0 Å². The van der Waals surface area contributed by atoms with Crippen LogP contribution in [0.1, 0.15) is 5.56 Å². The average molecular weight is 317 g/mol. The molecular formula is C15H22ClFN2O2. The third kappa shape index (κ3) is 5.20. The molecule has 1 fully saturated rings. The summed E-state index contributed by atoms with van der Waals surface area (Å²) < 4.78 is 18.7. The zero-order valence-corrected chi connectivity index (χ0v) is 13.0. The Morgan fingerprint density at radius 3 is 2.86 bits per heavy atom. The van der Waals surface area contributed by atoms with Gasteiger partial charge in [0.2, 0.25) is 0 Å². The van der Waals surface area contributed by atoms with E-state index in [0.29, 0.717) is 19.6 Å². The van der Waals surface area contributed by atoms with Crippen LogP contribution in [0.15, 0.2) is 18.2 Å². The van der Waals surface area contributed by atoms with E-state index in [0.717, 1.165) is 31.9 Å². The fourth-order valence-electron chi connectivity index (χ4n) is 2.53. The van der Waals surface area contributed by atoms with E-state index in [1.807, 2.05) is 11.9 Å². The van der Waals surface area contributed by atoms with Crippen molar-refractivity contribution in [1.29, 1.82) is 0 Å². The standard InChI is InChI=1S/C15H22ClFN2O2/c1-18(9-12-3-2-4-14(17)15(12)16)10-13(20)11-19-5-7-21-8-6-19/h2-4,13,20H,5-11H2,1H3. The Labute approximate surface area is 130 Å². The maximum absolute atomic E-state index is 13.4. The smallest absolute Gasteiger partial charge is 0.142 e. The van der Waals surface area contributed by atoms with E-state index in [9.17, 15) is 9.50 Å². The van der Waals surface area contributed by atoms with Gasteiger partial charge in [0.1, 0.15) is 5.82 Å². The molecule has 1 unspecified atom stereocenters. The number of likely N-dealkylation sites (N-methyl/N-ethyl adjacent to an activating group) is 1. The number of nitrogens with zero attached hydrogens (tertiary/aromatic N) is 2.